The van der Waals surface area contributed by atoms with Crippen LogP contribution in [-0.4, -0.2) is 40.3 Å². The van der Waals surface area contributed by atoms with Crippen LogP contribution < -0.4 is 5.32 Å². The topological polar surface area (TPSA) is 88.6 Å². The van der Waals surface area contributed by atoms with E-state index in [1.165, 1.54) is 0 Å². The normalized spacial score (nSPS) is 17.8. The van der Waals surface area contributed by atoms with Gasteiger partial charge >= 0.3 is 0 Å². The number of rotatable bonds is 8. The van der Waals surface area contributed by atoms with E-state index in [0.717, 1.165) is 36.0 Å². The summed E-state index contributed by atoms with van der Waals surface area (Å²) in [6.07, 6.45) is 10.3. The van der Waals surface area contributed by atoms with Crippen LogP contribution in [0.2, 0.25) is 0 Å². The number of unbranched alkanes of at least 4 members (excludes halogenated alkanes) is 1. The Morgan fingerprint density at radius 1 is 1.19 bits per heavy atom. The summed E-state index contributed by atoms with van der Waals surface area (Å²) < 4.78 is 5.73. The molecule has 1 N–H and O–H groups in total. The number of nitrogens with one attached hydrogen (secondary N) is 1. The number of amides is 3. The highest BCUT2D eigenvalue weighted by Gasteiger charge is 2.39. The second-order valence-electron chi connectivity index (χ2n) is 8.05. The minimum absolute atomic E-state index is 0.135. The number of hydrogen-bond donors (Lipinski definition) is 1. The van der Waals surface area contributed by atoms with E-state index in [2.05, 4.69) is 16.2 Å². The number of benzene rings is 1. The lowest BCUT2D eigenvalue weighted by atomic mass is 9.99. The van der Waals surface area contributed by atoms with Crippen LogP contribution in [0.5, 0.6) is 0 Å². The molecule has 1 saturated heterocycles. The van der Waals surface area contributed by atoms with E-state index in [0.29, 0.717) is 37.4 Å². The second kappa shape index (κ2) is 9.75. The third kappa shape index (κ3) is 4.71. The van der Waals surface area contributed by atoms with Gasteiger partial charge < -0.3 is 9.64 Å². The molecular weight excluding hydrogens is 406 g/mol. The number of aryl methyl sites for hydroxylation is 1. The van der Waals surface area contributed by atoms with Crippen molar-refractivity contribution < 1.29 is 19.1 Å². The number of hydrogen-bond acceptors (Lipinski definition) is 5. The van der Waals surface area contributed by atoms with Gasteiger partial charge in [0.15, 0.2) is 0 Å². The summed E-state index contributed by atoms with van der Waals surface area (Å²) in [4.78, 5) is 42.3. The fraction of sp³-hybridized carbons (Fsp3) is 0.360. The van der Waals surface area contributed by atoms with Crippen molar-refractivity contribution in [3.63, 3.8) is 0 Å². The molecule has 7 heteroatoms. The summed E-state index contributed by atoms with van der Waals surface area (Å²) >= 11 is 0. The number of piperidine rings is 1. The number of nitrogens with zero attached hydrogens (tertiary/aromatic N) is 2. The van der Waals surface area contributed by atoms with E-state index in [1.54, 1.807) is 17.2 Å². The molecule has 2 aromatic rings. The number of ether oxygens (including phenoxy) is 1. The number of imide groups is 1. The molecule has 3 amide bonds. The first-order chi connectivity index (χ1) is 15.6. The highest BCUT2D eigenvalue weighted by atomic mass is 16.5. The Balaban J connectivity index is 1.27. The molecule has 1 aromatic carbocycles. The molecular formula is C25H25N3O4. The first kappa shape index (κ1) is 21.7. The zero-order valence-corrected chi connectivity index (χ0v) is 17.8. The quantitative estimate of drug-likeness (QED) is 0.394. The van der Waals surface area contributed by atoms with Crippen LogP contribution in [0.1, 0.15) is 58.4 Å². The summed E-state index contributed by atoms with van der Waals surface area (Å²) in [7, 11) is 0. The maximum Gasteiger partial charge on any atom is 0.255 e. The van der Waals surface area contributed by atoms with E-state index in [4.69, 9.17) is 11.2 Å². The largest absolute Gasteiger partial charge is 0.377 e. The molecule has 1 fully saturated rings. The Morgan fingerprint density at radius 3 is 2.81 bits per heavy atom. The van der Waals surface area contributed by atoms with E-state index in [-0.39, 0.29) is 24.1 Å². The minimum atomic E-state index is -0.585. The molecule has 7 nitrogen and oxygen atoms in total. The number of terminal acetylenes is 1. The van der Waals surface area contributed by atoms with Crippen LogP contribution in [0.15, 0.2) is 36.5 Å². The van der Waals surface area contributed by atoms with E-state index >= 15 is 0 Å². The molecule has 32 heavy (non-hydrogen) atoms. The molecule has 1 unspecified atom stereocenters. The van der Waals surface area contributed by atoms with Gasteiger partial charge in [0.25, 0.3) is 5.91 Å². The standard InChI is InChI=1S/C25H25N3O4/c1-2-19-10-9-17(14-26-19)16-32-13-4-3-6-18-7-5-8-20-21(18)15-28(25(20)31)22-11-12-23(29)27-24(22)30/h1,5,7-10,14,22H,3-4,6,11-13,15-16H2,(H,27,29,30). The number of carbonyl (C=O) groups excluding carboxylic acids is 3. The van der Waals surface area contributed by atoms with Gasteiger partial charge in [0, 0.05) is 31.3 Å². The number of pyridine rings is 1. The van der Waals surface area contributed by atoms with Crippen molar-refractivity contribution in [2.45, 2.75) is 51.3 Å². The molecule has 1 aromatic heterocycles. The third-order valence-corrected chi connectivity index (χ3v) is 5.91. The maximum atomic E-state index is 12.9. The lowest BCUT2D eigenvalue weighted by Crippen LogP contribution is -2.52. The summed E-state index contributed by atoms with van der Waals surface area (Å²) in [5, 5.41) is 2.34. The molecule has 0 radical (unpaired) electrons. The first-order valence-electron chi connectivity index (χ1n) is 10.8. The fourth-order valence-electron chi connectivity index (χ4n) is 4.19. The van der Waals surface area contributed by atoms with Crippen LogP contribution in [-0.2, 0) is 33.9 Å². The minimum Gasteiger partial charge on any atom is -0.377 e. The van der Waals surface area contributed by atoms with E-state index < -0.39 is 6.04 Å². The molecule has 164 valence electrons. The molecule has 3 heterocycles. The van der Waals surface area contributed by atoms with Crippen molar-refractivity contribution in [3.05, 3.63) is 64.5 Å². The number of fused-ring (bicyclic) bond motifs is 1. The highest BCUT2D eigenvalue weighted by molar-refractivity contribution is 6.05. The Morgan fingerprint density at radius 2 is 2.06 bits per heavy atom. The molecule has 1 atom stereocenters. The Labute approximate surface area is 187 Å². The van der Waals surface area contributed by atoms with Crippen molar-refractivity contribution in [2.24, 2.45) is 0 Å². The van der Waals surface area contributed by atoms with Crippen molar-refractivity contribution in [3.8, 4) is 12.3 Å². The van der Waals surface area contributed by atoms with Crippen molar-refractivity contribution in [2.75, 3.05) is 6.61 Å². The molecule has 0 bridgehead atoms. The van der Waals surface area contributed by atoms with Crippen LogP contribution in [0.25, 0.3) is 0 Å². The Bertz CT molecular complexity index is 1070. The second-order valence-corrected chi connectivity index (χ2v) is 8.05. The predicted molar refractivity (Wildman–Crippen MR) is 117 cm³/mol. The first-order valence-corrected chi connectivity index (χ1v) is 10.8. The predicted octanol–water partition coefficient (Wildman–Crippen LogP) is 2.36. The average Bonchev–Trinajstić information content (AvgIpc) is 3.13. The van der Waals surface area contributed by atoms with Gasteiger partial charge in [-0.05, 0) is 54.5 Å². The molecule has 4 rings (SSSR count). The smallest absolute Gasteiger partial charge is 0.255 e. The van der Waals surface area contributed by atoms with E-state index in [9.17, 15) is 14.4 Å². The number of aromatic nitrogens is 1. The zero-order chi connectivity index (χ0) is 22.5. The van der Waals surface area contributed by atoms with Gasteiger partial charge in [-0.1, -0.05) is 24.1 Å². The Kier molecular flexibility index (Phi) is 6.62. The summed E-state index contributed by atoms with van der Waals surface area (Å²) in [5.74, 6) is 1.69. The monoisotopic (exact) mass is 431 g/mol. The van der Waals surface area contributed by atoms with Gasteiger partial charge in [-0.25, -0.2) is 4.98 Å². The summed E-state index contributed by atoms with van der Waals surface area (Å²) in [5.41, 5.74) is 4.37. The van der Waals surface area contributed by atoms with Gasteiger partial charge in [-0.2, -0.15) is 0 Å². The van der Waals surface area contributed by atoms with Crippen LogP contribution in [0.4, 0.5) is 0 Å². The lowest BCUT2D eigenvalue weighted by Gasteiger charge is -2.29. The molecule has 0 aliphatic carbocycles. The van der Waals surface area contributed by atoms with Crippen molar-refractivity contribution in [1.82, 2.24) is 15.2 Å². The fourth-order valence-corrected chi connectivity index (χ4v) is 4.19. The van der Waals surface area contributed by atoms with Gasteiger partial charge in [-0.3, -0.25) is 19.7 Å². The molecule has 0 spiro atoms. The highest BCUT2D eigenvalue weighted by Crippen LogP contribution is 2.30. The summed E-state index contributed by atoms with van der Waals surface area (Å²) in [6, 6.07) is 8.88. The van der Waals surface area contributed by atoms with Gasteiger partial charge in [0.2, 0.25) is 11.8 Å². The average molecular weight is 431 g/mol. The van der Waals surface area contributed by atoms with Gasteiger partial charge in [0.05, 0.1) is 6.61 Å². The molecule has 2 aliphatic rings. The van der Waals surface area contributed by atoms with Crippen molar-refractivity contribution >= 4 is 17.7 Å². The van der Waals surface area contributed by atoms with Crippen LogP contribution in [0, 0.1) is 12.3 Å². The van der Waals surface area contributed by atoms with Crippen LogP contribution in [0.3, 0.4) is 0 Å². The number of carbonyl (C=O) groups is 3. The third-order valence-electron chi connectivity index (χ3n) is 5.91. The maximum absolute atomic E-state index is 12.9. The summed E-state index contributed by atoms with van der Waals surface area (Å²) in [6.45, 7) is 1.54. The SMILES string of the molecule is C#Cc1ccc(COCCCCc2cccc3c2CN(C2CCC(=O)NC2=O)C3=O)cn1. The lowest BCUT2D eigenvalue weighted by molar-refractivity contribution is -0.136. The Hall–Kier alpha value is -3.50. The molecule has 0 saturated carbocycles. The zero-order valence-electron chi connectivity index (χ0n) is 17.8. The molecule has 2 aliphatic heterocycles. The van der Waals surface area contributed by atoms with Crippen molar-refractivity contribution in [1.29, 1.82) is 0 Å². The van der Waals surface area contributed by atoms with Crippen LogP contribution >= 0.6 is 0 Å². The van der Waals surface area contributed by atoms with Gasteiger partial charge in [0.1, 0.15) is 11.7 Å². The van der Waals surface area contributed by atoms with E-state index in [1.807, 2.05) is 24.3 Å². The van der Waals surface area contributed by atoms with Gasteiger partial charge in [-0.15, -0.1) is 6.42 Å².